The number of hydrogen-bond donors (Lipinski definition) is 2. The third-order valence-electron chi connectivity index (χ3n) is 4.86. The van der Waals surface area contributed by atoms with Crippen molar-refractivity contribution in [3.63, 3.8) is 0 Å². The van der Waals surface area contributed by atoms with Crippen LogP contribution in [0.1, 0.15) is 49.9 Å². The highest BCUT2D eigenvalue weighted by Gasteiger charge is 2.17. The van der Waals surface area contributed by atoms with Crippen LogP contribution in [0.4, 0.5) is 0 Å². The van der Waals surface area contributed by atoms with E-state index in [-0.39, 0.29) is 25.0 Å². The molecule has 2 rings (SSSR count). The lowest BCUT2D eigenvalue weighted by molar-refractivity contribution is -0.141. The van der Waals surface area contributed by atoms with Crippen LogP contribution in [0, 0.1) is 0 Å². The molecule has 2 aromatic carbocycles. The fourth-order valence-electron chi connectivity index (χ4n) is 2.97. The molecular formula is C26H30N2O6. The van der Waals surface area contributed by atoms with E-state index < -0.39 is 24.0 Å². The molecule has 8 nitrogen and oxygen atoms in total. The summed E-state index contributed by atoms with van der Waals surface area (Å²) in [5, 5.41) is 5.61. The number of esters is 2. The quantitative estimate of drug-likeness (QED) is 0.367. The summed E-state index contributed by atoms with van der Waals surface area (Å²) in [6, 6.07) is 17.3. The van der Waals surface area contributed by atoms with Crippen molar-refractivity contribution in [3.05, 3.63) is 83.9 Å². The van der Waals surface area contributed by atoms with E-state index in [9.17, 15) is 19.2 Å². The van der Waals surface area contributed by atoms with Gasteiger partial charge in [0.25, 0.3) is 0 Å². The van der Waals surface area contributed by atoms with Crippen LogP contribution in [0.3, 0.4) is 0 Å². The van der Waals surface area contributed by atoms with E-state index in [0.717, 1.165) is 23.3 Å². The molecule has 2 aromatic rings. The summed E-state index contributed by atoms with van der Waals surface area (Å²) in [7, 11) is 0. The number of carbonyl (C=O) groups is 4. The van der Waals surface area contributed by atoms with Gasteiger partial charge in [0.1, 0.15) is 13.2 Å². The normalized spacial score (nSPS) is 12.4. The largest absolute Gasteiger partial charge is 0.460 e. The van der Waals surface area contributed by atoms with Crippen molar-refractivity contribution in [1.82, 2.24) is 10.6 Å². The van der Waals surface area contributed by atoms with Crippen LogP contribution in [-0.4, -0.2) is 37.0 Å². The van der Waals surface area contributed by atoms with E-state index >= 15 is 0 Å². The Kier molecular flexibility index (Phi) is 11.0. The summed E-state index contributed by atoms with van der Waals surface area (Å²) < 4.78 is 10.4. The van der Waals surface area contributed by atoms with Crippen LogP contribution in [0.25, 0.3) is 0 Å². The summed E-state index contributed by atoms with van der Waals surface area (Å²) in [6.45, 7) is 3.28. The molecule has 0 saturated heterocycles. The second kappa shape index (κ2) is 14.3. The average molecular weight is 467 g/mol. The Hall–Kier alpha value is -3.94. The van der Waals surface area contributed by atoms with Gasteiger partial charge in [0.2, 0.25) is 11.8 Å². The third kappa shape index (κ3) is 9.28. The first-order valence-electron chi connectivity index (χ1n) is 11.1. The molecule has 0 aliphatic heterocycles. The number of carbonyl (C=O) groups excluding carboxylic acids is 4. The number of nitrogens with one attached hydrogen (secondary N) is 2. The minimum atomic E-state index is -0.748. The first-order chi connectivity index (χ1) is 16.4. The van der Waals surface area contributed by atoms with Crippen LogP contribution in [0.5, 0.6) is 0 Å². The average Bonchev–Trinajstić information content (AvgIpc) is 2.88. The Morgan fingerprint density at radius 1 is 0.676 bits per heavy atom. The van der Waals surface area contributed by atoms with Crippen LogP contribution in [0.15, 0.2) is 72.8 Å². The molecule has 8 heteroatoms. The fourth-order valence-corrected chi connectivity index (χ4v) is 2.97. The maximum absolute atomic E-state index is 12.1. The molecule has 2 amide bonds. The van der Waals surface area contributed by atoms with Gasteiger partial charge in [-0.3, -0.25) is 9.59 Å². The molecule has 0 aliphatic carbocycles. The molecule has 0 fully saturated rings. The summed E-state index contributed by atoms with van der Waals surface area (Å²) >= 11 is 0. The van der Waals surface area contributed by atoms with Gasteiger partial charge in [0, 0.05) is 25.0 Å². The highest BCUT2D eigenvalue weighted by molar-refractivity contribution is 5.91. The molecule has 180 valence electrons. The van der Waals surface area contributed by atoms with Crippen molar-refractivity contribution in [1.29, 1.82) is 0 Å². The summed E-state index contributed by atoms with van der Waals surface area (Å²) in [5.41, 5.74) is 1.59. The van der Waals surface area contributed by atoms with Crippen molar-refractivity contribution in [3.8, 4) is 0 Å². The van der Waals surface area contributed by atoms with E-state index in [0.29, 0.717) is 12.8 Å². The Morgan fingerprint density at radius 2 is 1.03 bits per heavy atom. The fraction of sp³-hybridized carbons (Fsp3) is 0.308. The number of amides is 2. The molecule has 0 saturated carbocycles. The highest BCUT2D eigenvalue weighted by atomic mass is 16.5. The van der Waals surface area contributed by atoms with Crippen molar-refractivity contribution < 1.29 is 28.7 Å². The second-order valence-electron chi connectivity index (χ2n) is 7.36. The molecule has 0 aromatic heterocycles. The monoisotopic (exact) mass is 466 g/mol. The van der Waals surface area contributed by atoms with Gasteiger partial charge in [0.05, 0.1) is 12.1 Å². The first-order valence-corrected chi connectivity index (χ1v) is 11.1. The standard InChI is InChI=1S/C26H30N2O6/c1-3-23(29)27-21(19-11-7-5-8-12-19)17-33-25(31)15-16-26(32)34-18-22(28-24(30)4-2)20-13-9-6-10-14-20/h5-16,21-22H,3-4,17-18H2,1-2H3,(H,27,29)(H,28,30)/b16-15+/t21-,22-/m0/s1. The maximum atomic E-state index is 12.1. The molecule has 0 bridgehead atoms. The van der Waals surface area contributed by atoms with E-state index in [4.69, 9.17) is 9.47 Å². The predicted molar refractivity (Wildman–Crippen MR) is 126 cm³/mol. The molecule has 2 N–H and O–H groups in total. The maximum Gasteiger partial charge on any atom is 0.331 e. The molecule has 2 atom stereocenters. The zero-order valence-electron chi connectivity index (χ0n) is 19.4. The van der Waals surface area contributed by atoms with Crippen LogP contribution in [-0.2, 0) is 28.7 Å². The van der Waals surface area contributed by atoms with Crippen LogP contribution < -0.4 is 10.6 Å². The highest BCUT2D eigenvalue weighted by Crippen LogP contribution is 2.15. The van der Waals surface area contributed by atoms with Gasteiger partial charge in [-0.05, 0) is 11.1 Å². The summed E-state index contributed by atoms with van der Waals surface area (Å²) in [5.74, 6) is -1.84. The molecular weight excluding hydrogens is 436 g/mol. The van der Waals surface area contributed by atoms with Gasteiger partial charge >= 0.3 is 11.9 Å². The van der Waals surface area contributed by atoms with Crippen LogP contribution >= 0.6 is 0 Å². The zero-order valence-corrected chi connectivity index (χ0v) is 19.4. The summed E-state index contributed by atoms with van der Waals surface area (Å²) in [4.78, 5) is 47.8. The second-order valence-corrected chi connectivity index (χ2v) is 7.36. The predicted octanol–water partition coefficient (Wildman–Crippen LogP) is 3.16. The van der Waals surface area contributed by atoms with E-state index in [1.807, 2.05) is 60.7 Å². The van der Waals surface area contributed by atoms with Crippen molar-refractivity contribution >= 4 is 23.8 Å². The van der Waals surface area contributed by atoms with Crippen LogP contribution in [0.2, 0.25) is 0 Å². The van der Waals surface area contributed by atoms with Crippen molar-refractivity contribution in [2.75, 3.05) is 13.2 Å². The lowest BCUT2D eigenvalue weighted by atomic mass is 10.1. The molecule has 0 aliphatic rings. The minimum Gasteiger partial charge on any atom is -0.460 e. The zero-order chi connectivity index (χ0) is 24.8. The van der Waals surface area contributed by atoms with E-state index in [2.05, 4.69) is 10.6 Å². The lowest BCUT2D eigenvalue weighted by Crippen LogP contribution is -2.31. The minimum absolute atomic E-state index is 0.0902. The van der Waals surface area contributed by atoms with E-state index in [1.165, 1.54) is 0 Å². The molecule has 0 unspecified atom stereocenters. The molecule has 34 heavy (non-hydrogen) atoms. The Bertz CT molecular complexity index is 896. The third-order valence-corrected chi connectivity index (χ3v) is 4.86. The number of ether oxygens (including phenoxy) is 2. The van der Waals surface area contributed by atoms with Gasteiger partial charge in [-0.1, -0.05) is 74.5 Å². The SMILES string of the molecule is CCC(=O)N[C@@H](COC(=O)/C=C/C(=O)OC[C@H](NC(=O)CC)c1ccccc1)c1ccccc1. The van der Waals surface area contributed by atoms with Crippen molar-refractivity contribution in [2.45, 2.75) is 38.8 Å². The molecule has 0 heterocycles. The molecule has 0 spiro atoms. The Labute approximate surface area is 199 Å². The van der Waals surface area contributed by atoms with Gasteiger partial charge in [-0.15, -0.1) is 0 Å². The van der Waals surface area contributed by atoms with Gasteiger partial charge in [0.15, 0.2) is 0 Å². The van der Waals surface area contributed by atoms with Gasteiger partial charge < -0.3 is 20.1 Å². The topological polar surface area (TPSA) is 111 Å². The number of rotatable bonds is 12. The summed E-state index contributed by atoms with van der Waals surface area (Å²) in [6.07, 6.45) is 2.53. The van der Waals surface area contributed by atoms with E-state index in [1.54, 1.807) is 13.8 Å². The van der Waals surface area contributed by atoms with Gasteiger partial charge in [-0.25, -0.2) is 9.59 Å². The lowest BCUT2D eigenvalue weighted by Gasteiger charge is -2.19. The first kappa shape index (κ1) is 26.3. The molecule has 0 radical (unpaired) electrons. The Balaban J connectivity index is 1.89. The number of hydrogen-bond acceptors (Lipinski definition) is 6. The van der Waals surface area contributed by atoms with Crippen molar-refractivity contribution in [2.24, 2.45) is 0 Å². The smallest absolute Gasteiger partial charge is 0.331 e. The number of benzene rings is 2. The van der Waals surface area contributed by atoms with Gasteiger partial charge in [-0.2, -0.15) is 0 Å². The Morgan fingerprint density at radius 3 is 1.35 bits per heavy atom.